The first-order chi connectivity index (χ1) is 8.90. The van der Waals surface area contributed by atoms with Crippen molar-refractivity contribution in [1.29, 1.82) is 0 Å². The second-order valence-corrected chi connectivity index (χ2v) is 5.06. The van der Waals surface area contributed by atoms with Gasteiger partial charge >= 0.3 is 0 Å². The minimum Gasteiger partial charge on any atom is -0.494 e. The van der Waals surface area contributed by atoms with Crippen molar-refractivity contribution in [1.82, 2.24) is 5.32 Å². The lowest BCUT2D eigenvalue weighted by Gasteiger charge is -2.16. The van der Waals surface area contributed by atoms with Crippen LogP contribution in [0.1, 0.15) is 24.3 Å². The van der Waals surface area contributed by atoms with E-state index in [-0.39, 0.29) is 0 Å². The molecule has 0 spiro atoms. The number of hydrogen-bond donors (Lipinski definition) is 1. The van der Waals surface area contributed by atoms with E-state index < -0.39 is 0 Å². The zero-order chi connectivity index (χ0) is 12.6. The molecule has 96 valence electrons. The Morgan fingerprint density at radius 3 is 2.67 bits per heavy atom. The zero-order valence-electron chi connectivity index (χ0n) is 10.6. The van der Waals surface area contributed by atoms with E-state index in [1.54, 1.807) is 11.3 Å². The second-order valence-electron chi connectivity index (χ2n) is 4.08. The molecule has 1 heterocycles. The molecule has 0 aliphatic rings. The first kappa shape index (κ1) is 13.1. The van der Waals surface area contributed by atoms with Gasteiger partial charge < -0.3 is 10.1 Å². The molecule has 2 nitrogen and oxygen atoms in total. The Morgan fingerprint density at radius 2 is 2.00 bits per heavy atom. The summed E-state index contributed by atoms with van der Waals surface area (Å²) in [6.45, 7) is 3.85. The van der Waals surface area contributed by atoms with Crippen LogP contribution < -0.4 is 10.1 Å². The van der Waals surface area contributed by atoms with E-state index in [4.69, 9.17) is 4.74 Å². The number of nitrogens with one attached hydrogen (secondary N) is 1. The van der Waals surface area contributed by atoms with Crippen molar-refractivity contribution in [3.63, 3.8) is 0 Å². The summed E-state index contributed by atoms with van der Waals surface area (Å²) in [5.41, 5.74) is 0. The van der Waals surface area contributed by atoms with Gasteiger partial charge in [-0.1, -0.05) is 31.2 Å². The van der Waals surface area contributed by atoms with Crippen LogP contribution in [0, 0.1) is 0 Å². The van der Waals surface area contributed by atoms with Crippen LogP contribution in [0.5, 0.6) is 5.75 Å². The molecular weight excluding hydrogens is 242 g/mol. The fraction of sp³-hybridized carbons (Fsp3) is 0.333. The summed E-state index contributed by atoms with van der Waals surface area (Å²) in [4.78, 5) is 1.38. The number of rotatable bonds is 7. The van der Waals surface area contributed by atoms with Gasteiger partial charge in [0.15, 0.2) is 0 Å². The fourth-order valence-electron chi connectivity index (χ4n) is 1.89. The van der Waals surface area contributed by atoms with Gasteiger partial charge in [-0.15, -0.1) is 11.3 Å². The molecular formula is C15H19NOS. The van der Waals surface area contributed by atoms with Gasteiger partial charge in [0.1, 0.15) is 5.75 Å². The maximum absolute atomic E-state index is 5.75. The molecule has 1 aromatic carbocycles. The van der Waals surface area contributed by atoms with Crippen LogP contribution in [0.3, 0.4) is 0 Å². The lowest BCUT2D eigenvalue weighted by Crippen LogP contribution is -2.22. The predicted octanol–water partition coefficient (Wildman–Crippen LogP) is 3.87. The Kier molecular flexibility index (Phi) is 5.24. The van der Waals surface area contributed by atoms with Crippen LogP contribution in [0.15, 0.2) is 47.8 Å². The minimum absolute atomic E-state index is 0.402. The van der Waals surface area contributed by atoms with E-state index in [9.17, 15) is 0 Å². The molecule has 0 saturated heterocycles. The number of ether oxygens (including phenoxy) is 1. The van der Waals surface area contributed by atoms with E-state index in [2.05, 4.69) is 29.8 Å². The normalized spacial score (nSPS) is 12.3. The highest BCUT2D eigenvalue weighted by molar-refractivity contribution is 7.10. The summed E-state index contributed by atoms with van der Waals surface area (Å²) < 4.78 is 5.75. The third-order valence-corrected chi connectivity index (χ3v) is 3.74. The van der Waals surface area contributed by atoms with Gasteiger partial charge in [0.05, 0.1) is 6.61 Å². The van der Waals surface area contributed by atoms with E-state index in [1.807, 2.05) is 30.3 Å². The Morgan fingerprint density at radius 1 is 1.17 bits per heavy atom. The van der Waals surface area contributed by atoms with Crippen LogP contribution in [-0.2, 0) is 0 Å². The standard InChI is InChI=1S/C15H19NOS/c1-2-16-14(15-9-6-12-18-15)10-11-17-13-7-4-3-5-8-13/h3-9,12,14,16H,2,10-11H2,1H3. The summed E-state index contributed by atoms with van der Waals surface area (Å²) in [5, 5.41) is 5.62. The van der Waals surface area contributed by atoms with E-state index in [1.165, 1.54) is 4.88 Å². The summed E-state index contributed by atoms with van der Waals surface area (Å²) >= 11 is 1.80. The Hall–Kier alpha value is -1.32. The van der Waals surface area contributed by atoms with E-state index in [0.717, 1.165) is 25.3 Å². The van der Waals surface area contributed by atoms with E-state index >= 15 is 0 Å². The smallest absolute Gasteiger partial charge is 0.119 e. The van der Waals surface area contributed by atoms with Crippen LogP contribution in [0.2, 0.25) is 0 Å². The molecule has 2 aromatic rings. The van der Waals surface area contributed by atoms with Crippen molar-refractivity contribution < 1.29 is 4.74 Å². The molecule has 18 heavy (non-hydrogen) atoms. The van der Waals surface area contributed by atoms with Gasteiger partial charge in [0.25, 0.3) is 0 Å². The molecule has 0 fully saturated rings. The largest absolute Gasteiger partial charge is 0.494 e. The lowest BCUT2D eigenvalue weighted by molar-refractivity contribution is 0.288. The topological polar surface area (TPSA) is 21.3 Å². The zero-order valence-corrected chi connectivity index (χ0v) is 11.5. The molecule has 1 atom stereocenters. The maximum Gasteiger partial charge on any atom is 0.119 e. The molecule has 1 aromatic heterocycles. The van der Waals surface area contributed by atoms with Crippen molar-refractivity contribution in [2.75, 3.05) is 13.2 Å². The lowest BCUT2D eigenvalue weighted by atomic mass is 10.2. The fourth-order valence-corrected chi connectivity index (χ4v) is 2.73. The molecule has 0 aliphatic heterocycles. The van der Waals surface area contributed by atoms with Crippen molar-refractivity contribution in [3.05, 3.63) is 52.7 Å². The van der Waals surface area contributed by atoms with Crippen molar-refractivity contribution in [2.45, 2.75) is 19.4 Å². The maximum atomic E-state index is 5.75. The Bertz CT molecular complexity index is 427. The first-order valence-corrected chi connectivity index (χ1v) is 7.22. The molecule has 0 amide bonds. The van der Waals surface area contributed by atoms with Gasteiger partial charge in [0.2, 0.25) is 0 Å². The van der Waals surface area contributed by atoms with Gasteiger partial charge in [-0.05, 0) is 30.1 Å². The minimum atomic E-state index is 0.402. The average Bonchev–Trinajstić information content (AvgIpc) is 2.93. The molecule has 3 heteroatoms. The summed E-state index contributed by atoms with van der Waals surface area (Å²) in [6, 6.07) is 14.7. The highest BCUT2D eigenvalue weighted by Crippen LogP contribution is 2.22. The number of para-hydroxylation sites is 1. The summed E-state index contributed by atoms with van der Waals surface area (Å²) in [6.07, 6.45) is 0.989. The van der Waals surface area contributed by atoms with Crippen LogP contribution in [0.4, 0.5) is 0 Å². The summed E-state index contributed by atoms with van der Waals surface area (Å²) in [5.74, 6) is 0.943. The molecule has 0 saturated carbocycles. The molecule has 1 unspecified atom stereocenters. The van der Waals surface area contributed by atoms with Gasteiger partial charge in [0, 0.05) is 17.3 Å². The molecule has 0 bridgehead atoms. The molecule has 2 rings (SSSR count). The van der Waals surface area contributed by atoms with Crippen LogP contribution in [0.25, 0.3) is 0 Å². The quantitative estimate of drug-likeness (QED) is 0.817. The van der Waals surface area contributed by atoms with Crippen molar-refractivity contribution >= 4 is 11.3 Å². The van der Waals surface area contributed by atoms with E-state index in [0.29, 0.717) is 6.04 Å². The summed E-state index contributed by atoms with van der Waals surface area (Å²) in [7, 11) is 0. The third kappa shape index (κ3) is 3.86. The average molecular weight is 261 g/mol. The first-order valence-electron chi connectivity index (χ1n) is 6.34. The van der Waals surface area contributed by atoms with Crippen LogP contribution >= 0.6 is 11.3 Å². The monoisotopic (exact) mass is 261 g/mol. The number of benzene rings is 1. The van der Waals surface area contributed by atoms with Crippen molar-refractivity contribution in [2.24, 2.45) is 0 Å². The van der Waals surface area contributed by atoms with Crippen molar-refractivity contribution in [3.8, 4) is 5.75 Å². The predicted molar refractivity (Wildman–Crippen MR) is 77.3 cm³/mol. The highest BCUT2D eigenvalue weighted by Gasteiger charge is 2.10. The Labute approximate surface area is 113 Å². The number of thiophene rings is 1. The SMILES string of the molecule is CCNC(CCOc1ccccc1)c1cccs1. The molecule has 0 aliphatic carbocycles. The van der Waals surface area contributed by atoms with Gasteiger partial charge in [-0.3, -0.25) is 0 Å². The number of hydrogen-bond acceptors (Lipinski definition) is 3. The molecule has 0 radical (unpaired) electrons. The Balaban J connectivity index is 1.83. The third-order valence-electron chi connectivity index (χ3n) is 2.76. The van der Waals surface area contributed by atoms with Gasteiger partial charge in [-0.25, -0.2) is 0 Å². The highest BCUT2D eigenvalue weighted by atomic mass is 32.1. The van der Waals surface area contributed by atoms with Crippen LogP contribution in [-0.4, -0.2) is 13.2 Å². The second kappa shape index (κ2) is 7.19. The molecule has 1 N–H and O–H groups in total. The van der Waals surface area contributed by atoms with Gasteiger partial charge in [-0.2, -0.15) is 0 Å².